The number of hydrogen-bond donors (Lipinski definition) is 0. The summed E-state index contributed by atoms with van der Waals surface area (Å²) < 4.78 is 17.7. The standard InChI is InChI=1S/C15H15BrO3/c1-15(18-7-8-19-15)11-4-5-12-10(9-11)3-6-13(17-2)14(12)16/h3-6,9H,7-8H2,1-2H3. The molecule has 4 heteroatoms. The van der Waals surface area contributed by atoms with E-state index in [9.17, 15) is 0 Å². The Bertz CT molecular complexity index is 618. The number of methoxy groups -OCH3 is 1. The van der Waals surface area contributed by atoms with Gasteiger partial charge in [0.25, 0.3) is 0 Å². The molecule has 1 saturated heterocycles. The van der Waals surface area contributed by atoms with E-state index in [2.05, 4.69) is 28.1 Å². The Kier molecular flexibility index (Phi) is 3.25. The molecule has 0 N–H and O–H groups in total. The molecule has 1 heterocycles. The van der Waals surface area contributed by atoms with E-state index in [0.717, 1.165) is 26.6 Å². The van der Waals surface area contributed by atoms with Gasteiger partial charge in [-0.3, -0.25) is 0 Å². The van der Waals surface area contributed by atoms with Gasteiger partial charge in [-0.2, -0.15) is 0 Å². The molecule has 1 fully saturated rings. The molecule has 100 valence electrons. The van der Waals surface area contributed by atoms with Gasteiger partial charge in [0.15, 0.2) is 5.79 Å². The first kappa shape index (κ1) is 12.9. The first-order valence-electron chi connectivity index (χ1n) is 6.19. The molecule has 1 aliphatic heterocycles. The molecule has 3 nitrogen and oxygen atoms in total. The average Bonchev–Trinajstić information content (AvgIpc) is 2.87. The summed E-state index contributed by atoms with van der Waals surface area (Å²) in [6.45, 7) is 3.24. The summed E-state index contributed by atoms with van der Waals surface area (Å²) in [5.74, 6) is 0.209. The summed E-state index contributed by atoms with van der Waals surface area (Å²) in [4.78, 5) is 0. The van der Waals surface area contributed by atoms with E-state index in [1.165, 1.54) is 0 Å². The summed E-state index contributed by atoms with van der Waals surface area (Å²) in [6.07, 6.45) is 0. The number of rotatable bonds is 2. The van der Waals surface area contributed by atoms with Gasteiger partial charge < -0.3 is 14.2 Å². The van der Waals surface area contributed by atoms with Crippen LogP contribution < -0.4 is 4.74 Å². The van der Waals surface area contributed by atoms with Gasteiger partial charge in [-0.25, -0.2) is 0 Å². The Balaban J connectivity index is 2.12. The third kappa shape index (κ3) is 2.14. The van der Waals surface area contributed by atoms with E-state index in [4.69, 9.17) is 14.2 Å². The predicted molar refractivity (Wildman–Crippen MR) is 77.5 cm³/mol. The van der Waals surface area contributed by atoms with Crippen LogP contribution >= 0.6 is 15.9 Å². The van der Waals surface area contributed by atoms with Crippen molar-refractivity contribution in [3.05, 3.63) is 40.4 Å². The van der Waals surface area contributed by atoms with Gasteiger partial charge in [0.2, 0.25) is 0 Å². The van der Waals surface area contributed by atoms with E-state index in [-0.39, 0.29) is 0 Å². The highest BCUT2D eigenvalue weighted by Gasteiger charge is 2.33. The summed E-state index contributed by atoms with van der Waals surface area (Å²) in [6, 6.07) is 10.2. The number of halogens is 1. The molecule has 0 atom stereocenters. The smallest absolute Gasteiger partial charge is 0.192 e. The van der Waals surface area contributed by atoms with Gasteiger partial charge >= 0.3 is 0 Å². The quantitative estimate of drug-likeness (QED) is 0.841. The van der Waals surface area contributed by atoms with Gasteiger partial charge in [0.05, 0.1) is 24.8 Å². The molecule has 0 aromatic heterocycles. The highest BCUT2D eigenvalue weighted by molar-refractivity contribution is 9.10. The lowest BCUT2D eigenvalue weighted by molar-refractivity contribution is -0.149. The Labute approximate surface area is 120 Å². The van der Waals surface area contributed by atoms with Crippen molar-refractivity contribution in [1.29, 1.82) is 0 Å². The van der Waals surface area contributed by atoms with Crippen LogP contribution in [0.3, 0.4) is 0 Å². The molecule has 0 radical (unpaired) electrons. The monoisotopic (exact) mass is 322 g/mol. The van der Waals surface area contributed by atoms with E-state index >= 15 is 0 Å². The zero-order valence-corrected chi connectivity index (χ0v) is 12.5. The first-order valence-corrected chi connectivity index (χ1v) is 6.98. The first-order chi connectivity index (χ1) is 9.14. The summed E-state index contributed by atoms with van der Waals surface area (Å²) in [7, 11) is 1.67. The van der Waals surface area contributed by atoms with Crippen LogP contribution in [0, 0.1) is 0 Å². The largest absolute Gasteiger partial charge is 0.496 e. The maximum Gasteiger partial charge on any atom is 0.192 e. The molecule has 0 saturated carbocycles. The topological polar surface area (TPSA) is 27.7 Å². The van der Waals surface area contributed by atoms with Crippen molar-refractivity contribution < 1.29 is 14.2 Å². The minimum absolute atomic E-state index is 0.624. The molecule has 0 aliphatic carbocycles. The second-order valence-corrected chi connectivity index (χ2v) is 5.45. The van der Waals surface area contributed by atoms with Crippen molar-refractivity contribution in [3.8, 4) is 5.75 Å². The zero-order valence-electron chi connectivity index (χ0n) is 10.9. The van der Waals surface area contributed by atoms with Crippen LogP contribution in [0.1, 0.15) is 12.5 Å². The van der Waals surface area contributed by atoms with Crippen molar-refractivity contribution in [2.45, 2.75) is 12.7 Å². The van der Waals surface area contributed by atoms with Crippen LogP contribution in [0.5, 0.6) is 5.75 Å². The van der Waals surface area contributed by atoms with Crippen LogP contribution in [-0.2, 0) is 15.3 Å². The SMILES string of the molecule is COc1ccc2cc(C3(C)OCCO3)ccc2c1Br. The number of hydrogen-bond acceptors (Lipinski definition) is 3. The highest BCUT2D eigenvalue weighted by atomic mass is 79.9. The number of fused-ring (bicyclic) bond motifs is 1. The van der Waals surface area contributed by atoms with Crippen LogP contribution in [-0.4, -0.2) is 20.3 Å². The molecule has 3 rings (SSSR count). The normalized spacial score (nSPS) is 17.8. The maximum atomic E-state index is 5.69. The second-order valence-electron chi connectivity index (χ2n) is 4.66. The Morgan fingerprint density at radius 3 is 2.58 bits per heavy atom. The van der Waals surface area contributed by atoms with Crippen LogP contribution in [0.2, 0.25) is 0 Å². The van der Waals surface area contributed by atoms with Gasteiger partial charge in [-0.1, -0.05) is 18.2 Å². The lowest BCUT2D eigenvalue weighted by Gasteiger charge is -2.23. The number of ether oxygens (including phenoxy) is 3. The van der Waals surface area contributed by atoms with Crippen LogP contribution in [0.4, 0.5) is 0 Å². The highest BCUT2D eigenvalue weighted by Crippen LogP contribution is 2.37. The molecular formula is C15H15BrO3. The van der Waals surface area contributed by atoms with Gasteiger partial charge in [0.1, 0.15) is 5.75 Å². The molecule has 0 spiro atoms. The van der Waals surface area contributed by atoms with E-state index in [1.54, 1.807) is 7.11 Å². The average molecular weight is 323 g/mol. The Hall–Kier alpha value is -1.10. The van der Waals surface area contributed by atoms with Crippen LogP contribution in [0.25, 0.3) is 10.8 Å². The summed E-state index contributed by atoms with van der Waals surface area (Å²) in [5.41, 5.74) is 1.04. The van der Waals surface area contributed by atoms with Gasteiger partial charge in [-0.15, -0.1) is 0 Å². The molecular weight excluding hydrogens is 308 g/mol. The molecule has 0 unspecified atom stereocenters. The lowest BCUT2D eigenvalue weighted by Crippen LogP contribution is -2.22. The van der Waals surface area contributed by atoms with E-state index in [0.29, 0.717) is 13.2 Å². The molecule has 19 heavy (non-hydrogen) atoms. The Morgan fingerprint density at radius 1 is 1.16 bits per heavy atom. The fourth-order valence-electron chi connectivity index (χ4n) is 2.39. The van der Waals surface area contributed by atoms with Crippen molar-refractivity contribution in [1.82, 2.24) is 0 Å². The molecule has 0 amide bonds. The van der Waals surface area contributed by atoms with Crippen molar-refractivity contribution >= 4 is 26.7 Å². The fraction of sp³-hybridized carbons (Fsp3) is 0.333. The fourth-order valence-corrected chi connectivity index (χ4v) is 3.05. The minimum Gasteiger partial charge on any atom is -0.496 e. The summed E-state index contributed by atoms with van der Waals surface area (Å²) in [5, 5.41) is 2.25. The van der Waals surface area contributed by atoms with Crippen molar-refractivity contribution in [2.24, 2.45) is 0 Å². The third-order valence-corrected chi connectivity index (χ3v) is 4.32. The molecule has 0 bridgehead atoms. The lowest BCUT2D eigenvalue weighted by atomic mass is 10.0. The zero-order chi connectivity index (χ0) is 13.5. The van der Waals surface area contributed by atoms with Gasteiger partial charge in [-0.05, 0) is 45.8 Å². The summed E-state index contributed by atoms with van der Waals surface area (Å²) >= 11 is 3.58. The van der Waals surface area contributed by atoms with Crippen molar-refractivity contribution in [3.63, 3.8) is 0 Å². The van der Waals surface area contributed by atoms with E-state index < -0.39 is 5.79 Å². The van der Waals surface area contributed by atoms with Crippen molar-refractivity contribution in [2.75, 3.05) is 20.3 Å². The molecule has 2 aromatic carbocycles. The van der Waals surface area contributed by atoms with E-state index in [1.807, 2.05) is 25.1 Å². The predicted octanol–water partition coefficient (Wildman–Crippen LogP) is 3.83. The third-order valence-electron chi connectivity index (χ3n) is 3.50. The number of benzene rings is 2. The molecule has 1 aliphatic rings. The minimum atomic E-state index is -0.624. The van der Waals surface area contributed by atoms with Gasteiger partial charge in [0, 0.05) is 5.56 Å². The second kappa shape index (κ2) is 4.78. The van der Waals surface area contributed by atoms with Crippen LogP contribution in [0.15, 0.2) is 34.8 Å². The maximum absolute atomic E-state index is 5.69. The molecule has 2 aromatic rings. The Morgan fingerprint density at radius 2 is 1.89 bits per heavy atom.